The Labute approximate surface area is 56.9 Å². The summed E-state index contributed by atoms with van der Waals surface area (Å²) in [4.78, 5) is 0. The van der Waals surface area contributed by atoms with E-state index in [4.69, 9.17) is 10.8 Å². The molecule has 2 N–H and O–H groups in total. The molecule has 0 aromatic carbocycles. The van der Waals surface area contributed by atoms with E-state index in [2.05, 4.69) is 0 Å². The lowest BCUT2D eigenvalue weighted by Gasteiger charge is -1.91. The maximum Gasteiger partial charge on any atom is 0.0720 e. The van der Waals surface area contributed by atoms with Gasteiger partial charge in [-0.25, -0.2) is 0 Å². The second-order valence-corrected chi connectivity index (χ2v) is 3.84. The second-order valence-electron chi connectivity index (χ2n) is 1.28. The molecule has 0 aliphatic heterocycles. The van der Waals surface area contributed by atoms with Crippen molar-refractivity contribution in [3.8, 4) is 0 Å². The first-order valence-corrected chi connectivity index (χ1v) is 4.22. The van der Waals surface area contributed by atoms with Crippen LogP contribution in [0, 0.1) is 10.8 Å². The van der Waals surface area contributed by atoms with Crippen LogP contribution in [0.2, 0.25) is 0 Å². The van der Waals surface area contributed by atoms with Crippen LogP contribution in [0.3, 0.4) is 0 Å². The third kappa shape index (κ3) is 6.04. The smallest absolute Gasteiger partial charge is 0.0720 e. The first-order valence-electron chi connectivity index (χ1n) is 2.07. The van der Waals surface area contributed by atoms with E-state index >= 15 is 0 Å². The van der Waals surface area contributed by atoms with Crippen molar-refractivity contribution < 1.29 is 0 Å². The molecular formula is C4H8N2S2. The molecule has 0 unspecified atom stereocenters. The highest BCUT2D eigenvalue weighted by molar-refractivity contribution is 8.87. The monoisotopic (exact) mass is 148 g/mol. The first-order chi connectivity index (χ1) is 3.63. The van der Waals surface area contributed by atoms with Crippen molar-refractivity contribution in [2.24, 2.45) is 0 Å². The molecular weight excluding hydrogens is 140 g/mol. The molecule has 0 aromatic heterocycles. The Balaban J connectivity index is 3.18. The highest BCUT2D eigenvalue weighted by atomic mass is 33.1. The average molecular weight is 148 g/mol. The van der Waals surface area contributed by atoms with Crippen molar-refractivity contribution in [1.29, 1.82) is 10.8 Å². The summed E-state index contributed by atoms with van der Waals surface area (Å²) in [5.74, 6) is 0. The Bertz CT molecular complexity index is 96.6. The molecule has 46 valence electrons. The van der Waals surface area contributed by atoms with Crippen LogP contribution in [0.4, 0.5) is 0 Å². The van der Waals surface area contributed by atoms with E-state index in [1.165, 1.54) is 21.6 Å². The van der Waals surface area contributed by atoms with Crippen molar-refractivity contribution in [3.05, 3.63) is 0 Å². The maximum atomic E-state index is 6.93. The molecule has 0 bridgehead atoms. The molecule has 2 nitrogen and oxygen atoms in total. The molecule has 0 aliphatic rings. The van der Waals surface area contributed by atoms with E-state index in [9.17, 15) is 0 Å². The summed E-state index contributed by atoms with van der Waals surface area (Å²) >= 11 is 0. The minimum atomic E-state index is 0.543. The molecule has 0 fully saturated rings. The third-order valence-electron chi connectivity index (χ3n) is 0.292. The van der Waals surface area contributed by atoms with Gasteiger partial charge >= 0.3 is 0 Å². The number of hydrogen-bond acceptors (Lipinski definition) is 4. The fraction of sp³-hybridized carbons (Fsp3) is 0.500. The van der Waals surface area contributed by atoms with Crippen LogP contribution in [0.5, 0.6) is 0 Å². The SMILES string of the molecule is CC(=N)SSC(C)=N. The molecule has 0 atom stereocenters. The minimum Gasteiger partial charge on any atom is -0.298 e. The van der Waals surface area contributed by atoms with E-state index in [1.54, 1.807) is 13.8 Å². The first kappa shape index (κ1) is 8.04. The zero-order chi connectivity index (χ0) is 6.57. The Morgan fingerprint density at radius 2 is 1.25 bits per heavy atom. The van der Waals surface area contributed by atoms with Gasteiger partial charge in [-0.05, 0) is 35.4 Å². The van der Waals surface area contributed by atoms with E-state index in [1.807, 2.05) is 0 Å². The minimum absolute atomic E-state index is 0.543. The third-order valence-corrected chi connectivity index (χ3v) is 2.62. The molecule has 0 radical (unpaired) electrons. The van der Waals surface area contributed by atoms with Crippen molar-refractivity contribution in [2.45, 2.75) is 13.8 Å². The molecule has 0 heterocycles. The Kier molecular flexibility index (Phi) is 3.99. The summed E-state index contributed by atoms with van der Waals surface area (Å²) < 4.78 is 0. The van der Waals surface area contributed by atoms with E-state index in [0.29, 0.717) is 10.1 Å². The standard InChI is InChI=1S/C4H8N2S2/c1-3(5)7-8-4(2)6/h5-6H,1-2H3. The molecule has 8 heavy (non-hydrogen) atoms. The fourth-order valence-electron chi connectivity index (χ4n) is 0.125. The number of nitrogens with one attached hydrogen (secondary N) is 2. The molecule has 0 aromatic rings. The van der Waals surface area contributed by atoms with Crippen molar-refractivity contribution in [3.63, 3.8) is 0 Å². The summed E-state index contributed by atoms with van der Waals surface area (Å²) in [6, 6.07) is 0. The Hall–Kier alpha value is 0.0400. The van der Waals surface area contributed by atoms with E-state index < -0.39 is 0 Å². The van der Waals surface area contributed by atoms with Crippen molar-refractivity contribution >= 4 is 31.7 Å². The lowest BCUT2D eigenvalue weighted by Crippen LogP contribution is -1.77. The lowest BCUT2D eigenvalue weighted by molar-refractivity contribution is 1.53. The molecule has 0 spiro atoms. The summed E-state index contributed by atoms with van der Waals surface area (Å²) in [5, 5.41) is 15.0. The summed E-state index contributed by atoms with van der Waals surface area (Å²) in [7, 11) is 2.63. The van der Waals surface area contributed by atoms with Gasteiger partial charge in [0.15, 0.2) is 0 Å². The quantitative estimate of drug-likeness (QED) is 0.315. The van der Waals surface area contributed by atoms with Crippen LogP contribution in [-0.2, 0) is 0 Å². The fourth-order valence-corrected chi connectivity index (χ4v) is 1.12. The van der Waals surface area contributed by atoms with E-state index in [-0.39, 0.29) is 0 Å². The predicted octanol–water partition coefficient (Wildman–Crippen LogP) is 2.36. The Morgan fingerprint density at radius 1 is 1.00 bits per heavy atom. The summed E-state index contributed by atoms with van der Waals surface area (Å²) in [6.07, 6.45) is 0. The molecule has 0 aliphatic carbocycles. The molecule has 0 amide bonds. The zero-order valence-corrected chi connectivity index (χ0v) is 6.45. The van der Waals surface area contributed by atoms with Gasteiger partial charge in [0.1, 0.15) is 0 Å². The van der Waals surface area contributed by atoms with Gasteiger partial charge in [-0.2, -0.15) is 0 Å². The van der Waals surface area contributed by atoms with Gasteiger partial charge in [-0.1, -0.05) is 0 Å². The van der Waals surface area contributed by atoms with Crippen LogP contribution in [-0.4, -0.2) is 10.1 Å². The Morgan fingerprint density at radius 3 is 1.38 bits per heavy atom. The van der Waals surface area contributed by atoms with Gasteiger partial charge in [-0.3, -0.25) is 10.8 Å². The van der Waals surface area contributed by atoms with Gasteiger partial charge in [0, 0.05) is 0 Å². The lowest BCUT2D eigenvalue weighted by atomic mass is 10.9. The molecule has 0 saturated carbocycles. The zero-order valence-electron chi connectivity index (χ0n) is 4.82. The number of rotatable bonds is 0. The van der Waals surface area contributed by atoms with Gasteiger partial charge < -0.3 is 0 Å². The largest absolute Gasteiger partial charge is 0.298 e. The van der Waals surface area contributed by atoms with Crippen molar-refractivity contribution in [1.82, 2.24) is 0 Å². The highest BCUT2D eigenvalue weighted by Gasteiger charge is 1.90. The van der Waals surface area contributed by atoms with Gasteiger partial charge in [0.05, 0.1) is 10.1 Å². The summed E-state index contributed by atoms with van der Waals surface area (Å²) in [6.45, 7) is 3.42. The topological polar surface area (TPSA) is 47.7 Å². The van der Waals surface area contributed by atoms with Crippen LogP contribution in [0.25, 0.3) is 0 Å². The van der Waals surface area contributed by atoms with Crippen LogP contribution >= 0.6 is 21.6 Å². The molecule has 4 heteroatoms. The van der Waals surface area contributed by atoms with Gasteiger partial charge in [0.25, 0.3) is 0 Å². The van der Waals surface area contributed by atoms with Crippen LogP contribution < -0.4 is 0 Å². The van der Waals surface area contributed by atoms with Crippen LogP contribution in [0.1, 0.15) is 13.8 Å². The van der Waals surface area contributed by atoms with Crippen LogP contribution in [0.15, 0.2) is 0 Å². The maximum absolute atomic E-state index is 6.93. The number of hydrogen-bond donors (Lipinski definition) is 2. The molecule has 0 rings (SSSR count). The molecule has 0 saturated heterocycles. The van der Waals surface area contributed by atoms with Gasteiger partial charge in [-0.15, -0.1) is 0 Å². The van der Waals surface area contributed by atoms with Gasteiger partial charge in [0.2, 0.25) is 0 Å². The van der Waals surface area contributed by atoms with Crippen molar-refractivity contribution in [2.75, 3.05) is 0 Å². The highest BCUT2D eigenvalue weighted by Crippen LogP contribution is 2.22. The predicted molar refractivity (Wildman–Crippen MR) is 42.0 cm³/mol. The normalized spacial score (nSPS) is 8.75. The average Bonchev–Trinajstić information content (AvgIpc) is 1.61. The second kappa shape index (κ2) is 3.97. The summed E-state index contributed by atoms with van der Waals surface area (Å²) in [5.41, 5.74) is 0. The van der Waals surface area contributed by atoms with E-state index in [0.717, 1.165) is 0 Å².